The number of carbonyl (C=O) groups excluding carboxylic acids is 2. The standard InChI is InChI=1S/C19H26N4O2S/c1-19(2,3)17(25)23-11-9-13(10-12-23)16(24)20-21-18-22(4)14-7-5-6-8-15(14)26-18/h5-8,13H,9-12H2,1-4H3,(H,20,24)/b21-18+. The Bertz CT molecular complexity index is 883. The van der Waals surface area contributed by atoms with E-state index < -0.39 is 0 Å². The van der Waals surface area contributed by atoms with Crippen LogP contribution in [0, 0.1) is 11.3 Å². The molecule has 1 aromatic carbocycles. The summed E-state index contributed by atoms with van der Waals surface area (Å²) in [6, 6.07) is 8.06. The first-order valence-corrected chi connectivity index (χ1v) is 9.76. The number of piperidine rings is 1. The predicted octanol–water partition coefficient (Wildman–Crippen LogP) is 2.46. The fourth-order valence-corrected chi connectivity index (χ4v) is 4.18. The van der Waals surface area contributed by atoms with Gasteiger partial charge in [-0.25, -0.2) is 5.43 Å². The van der Waals surface area contributed by atoms with E-state index in [2.05, 4.69) is 10.5 Å². The summed E-state index contributed by atoms with van der Waals surface area (Å²) in [4.78, 5) is 27.4. The predicted molar refractivity (Wildman–Crippen MR) is 103 cm³/mol. The molecule has 1 aromatic heterocycles. The maximum absolute atomic E-state index is 12.5. The van der Waals surface area contributed by atoms with Gasteiger partial charge in [-0.15, -0.1) is 5.10 Å². The smallest absolute Gasteiger partial charge is 0.243 e. The van der Waals surface area contributed by atoms with E-state index in [1.54, 1.807) is 11.3 Å². The number of para-hydroxylation sites is 1. The molecule has 2 heterocycles. The summed E-state index contributed by atoms with van der Waals surface area (Å²) in [5, 5.41) is 4.31. The minimum atomic E-state index is -0.375. The van der Waals surface area contributed by atoms with E-state index >= 15 is 0 Å². The average molecular weight is 375 g/mol. The Labute approximate surface area is 157 Å². The summed E-state index contributed by atoms with van der Waals surface area (Å²) in [6.45, 7) is 7.05. The zero-order valence-electron chi connectivity index (χ0n) is 15.8. The summed E-state index contributed by atoms with van der Waals surface area (Å²) in [5.74, 6) is -0.00823. The van der Waals surface area contributed by atoms with Gasteiger partial charge < -0.3 is 9.47 Å². The highest BCUT2D eigenvalue weighted by Crippen LogP contribution is 2.23. The Hall–Kier alpha value is -2.15. The van der Waals surface area contributed by atoms with Gasteiger partial charge in [0.2, 0.25) is 16.6 Å². The fraction of sp³-hybridized carbons (Fsp3) is 0.526. The minimum Gasteiger partial charge on any atom is -0.342 e. The van der Waals surface area contributed by atoms with Crippen molar-refractivity contribution in [2.75, 3.05) is 13.1 Å². The lowest BCUT2D eigenvalue weighted by Gasteiger charge is -2.35. The fourth-order valence-electron chi connectivity index (χ4n) is 3.20. The van der Waals surface area contributed by atoms with Gasteiger partial charge in [0.1, 0.15) is 0 Å². The van der Waals surface area contributed by atoms with Crippen molar-refractivity contribution >= 4 is 33.4 Å². The quantitative estimate of drug-likeness (QED) is 0.821. The third-order valence-electron chi connectivity index (χ3n) is 4.77. The summed E-state index contributed by atoms with van der Waals surface area (Å²) in [7, 11) is 1.94. The highest BCUT2D eigenvalue weighted by atomic mass is 32.1. The molecule has 2 amide bonds. The lowest BCUT2D eigenvalue weighted by Crippen LogP contribution is -2.46. The van der Waals surface area contributed by atoms with Crippen LogP contribution >= 0.6 is 11.3 Å². The molecule has 0 saturated carbocycles. The molecule has 7 heteroatoms. The molecule has 1 saturated heterocycles. The summed E-state index contributed by atoms with van der Waals surface area (Å²) < 4.78 is 3.11. The largest absolute Gasteiger partial charge is 0.342 e. The highest BCUT2D eigenvalue weighted by Gasteiger charge is 2.32. The van der Waals surface area contributed by atoms with Gasteiger partial charge in [0.15, 0.2) is 0 Å². The van der Waals surface area contributed by atoms with Crippen LogP contribution in [0.3, 0.4) is 0 Å². The van der Waals surface area contributed by atoms with Crippen molar-refractivity contribution < 1.29 is 9.59 Å². The third kappa shape index (κ3) is 3.82. The second-order valence-electron chi connectivity index (χ2n) is 7.82. The van der Waals surface area contributed by atoms with Crippen LogP contribution in [0.25, 0.3) is 10.2 Å². The lowest BCUT2D eigenvalue weighted by molar-refractivity contribution is -0.142. The number of aromatic nitrogens is 1. The third-order valence-corrected chi connectivity index (χ3v) is 5.88. The first-order valence-electron chi connectivity index (χ1n) is 8.95. The molecule has 3 rings (SSSR count). The molecule has 6 nitrogen and oxygen atoms in total. The van der Waals surface area contributed by atoms with E-state index in [-0.39, 0.29) is 23.1 Å². The van der Waals surface area contributed by atoms with Gasteiger partial charge in [-0.1, -0.05) is 44.2 Å². The van der Waals surface area contributed by atoms with Crippen molar-refractivity contribution in [1.29, 1.82) is 0 Å². The SMILES string of the molecule is Cn1/c(=N\NC(=O)C2CCN(C(=O)C(C)(C)C)CC2)sc2ccccc21. The monoisotopic (exact) mass is 374 g/mol. The number of nitrogens with one attached hydrogen (secondary N) is 1. The summed E-state index contributed by atoms with van der Waals surface area (Å²) in [5.41, 5.74) is 3.44. The minimum absolute atomic E-state index is 0.0645. The Kier molecular flexibility index (Phi) is 5.18. The van der Waals surface area contributed by atoms with Gasteiger partial charge >= 0.3 is 0 Å². The van der Waals surface area contributed by atoms with Gasteiger partial charge in [-0.3, -0.25) is 9.59 Å². The molecule has 1 aliphatic rings. The zero-order valence-corrected chi connectivity index (χ0v) is 16.6. The molecular formula is C19H26N4O2S. The van der Waals surface area contributed by atoms with Crippen LogP contribution in [0.2, 0.25) is 0 Å². The normalized spacial score (nSPS) is 16.9. The molecule has 2 aromatic rings. The zero-order chi connectivity index (χ0) is 18.9. The Morgan fingerprint density at radius 3 is 2.46 bits per heavy atom. The van der Waals surface area contributed by atoms with E-state index in [1.165, 1.54) is 0 Å². The van der Waals surface area contributed by atoms with Gasteiger partial charge in [0.05, 0.1) is 10.2 Å². The molecule has 1 fully saturated rings. The summed E-state index contributed by atoms with van der Waals surface area (Å²) in [6.07, 6.45) is 1.36. The molecule has 1 N–H and O–H groups in total. The number of carbonyl (C=O) groups is 2. The second-order valence-corrected chi connectivity index (χ2v) is 8.82. The number of rotatable bonds is 2. The maximum Gasteiger partial charge on any atom is 0.243 e. The van der Waals surface area contributed by atoms with E-state index in [9.17, 15) is 9.59 Å². The number of nitrogens with zero attached hydrogens (tertiary/aromatic N) is 3. The first kappa shape index (κ1) is 18.6. The molecule has 0 radical (unpaired) electrons. The molecule has 1 aliphatic heterocycles. The number of aryl methyl sites for hydroxylation is 1. The molecular weight excluding hydrogens is 348 g/mol. The number of benzene rings is 1. The number of hydrogen-bond acceptors (Lipinski definition) is 4. The van der Waals surface area contributed by atoms with Crippen molar-refractivity contribution in [2.24, 2.45) is 23.5 Å². The lowest BCUT2D eigenvalue weighted by atomic mass is 9.91. The van der Waals surface area contributed by atoms with Gasteiger partial charge in [0, 0.05) is 31.5 Å². The van der Waals surface area contributed by atoms with Gasteiger partial charge in [-0.05, 0) is 25.0 Å². The van der Waals surface area contributed by atoms with Gasteiger partial charge in [0.25, 0.3) is 0 Å². The van der Waals surface area contributed by atoms with E-state index in [1.807, 2.05) is 61.6 Å². The molecule has 0 atom stereocenters. The van der Waals surface area contributed by atoms with Crippen LogP contribution < -0.4 is 10.2 Å². The number of fused-ring (bicyclic) bond motifs is 1. The van der Waals surface area contributed by atoms with Crippen LogP contribution in [0.1, 0.15) is 33.6 Å². The number of amides is 2. The van der Waals surface area contributed by atoms with E-state index in [0.29, 0.717) is 25.9 Å². The number of likely N-dealkylation sites (tertiary alicyclic amines) is 1. The van der Waals surface area contributed by atoms with Crippen LogP contribution in [0.15, 0.2) is 29.4 Å². The van der Waals surface area contributed by atoms with E-state index in [4.69, 9.17) is 0 Å². The molecule has 26 heavy (non-hydrogen) atoms. The van der Waals surface area contributed by atoms with Crippen molar-refractivity contribution in [2.45, 2.75) is 33.6 Å². The van der Waals surface area contributed by atoms with Crippen LogP contribution in [-0.2, 0) is 16.6 Å². The first-order chi connectivity index (χ1) is 12.3. The number of thiazole rings is 1. The average Bonchev–Trinajstić information content (AvgIpc) is 2.95. The van der Waals surface area contributed by atoms with Crippen molar-refractivity contribution in [1.82, 2.24) is 14.9 Å². The topological polar surface area (TPSA) is 66.7 Å². The molecule has 0 spiro atoms. The Morgan fingerprint density at radius 1 is 1.19 bits per heavy atom. The molecule has 0 bridgehead atoms. The molecule has 0 aliphatic carbocycles. The Morgan fingerprint density at radius 2 is 1.85 bits per heavy atom. The Balaban J connectivity index is 1.63. The number of hydrogen-bond donors (Lipinski definition) is 1. The van der Waals surface area contributed by atoms with Crippen molar-refractivity contribution in [3.8, 4) is 0 Å². The van der Waals surface area contributed by atoms with Crippen LogP contribution in [0.5, 0.6) is 0 Å². The summed E-state index contributed by atoms with van der Waals surface area (Å²) >= 11 is 1.55. The van der Waals surface area contributed by atoms with Crippen LogP contribution in [0.4, 0.5) is 0 Å². The molecule has 140 valence electrons. The molecule has 0 unspecified atom stereocenters. The maximum atomic E-state index is 12.5. The van der Waals surface area contributed by atoms with Crippen molar-refractivity contribution in [3.05, 3.63) is 29.1 Å². The highest BCUT2D eigenvalue weighted by molar-refractivity contribution is 7.16. The van der Waals surface area contributed by atoms with Gasteiger partial charge in [-0.2, -0.15) is 0 Å². The second kappa shape index (κ2) is 7.23. The van der Waals surface area contributed by atoms with Crippen LogP contribution in [-0.4, -0.2) is 34.4 Å². The van der Waals surface area contributed by atoms with E-state index in [0.717, 1.165) is 15.0 Å². The van der Waals surface area contributed by atoms with Crippen molar-refractivity contribution in [3.63, 3.8) is 0 Å².